The molecule has 0 fully saturated rings. The van der Waals surface area contributed by atoms with Crippen LogP contribution in [0.4, 0.5) is 0 Å². The number of rotatable bonds is 4. The summed E-state index contributed by atoms with van der Waals surface area (Å²) in [7, 11) is 1.59. The van der Waals surface area contributed by atoms with Crippen LogP contribution in [0.25, 0.3) is 0 Å². The van der Waals surface area contributed by atoms with Gasteiger partial charge in [0.15, 0.2) is 11.5 Å². The van der Waals surface area contributed by atoms with E-state index in [1.807, 2.05) is 6.07 Å². The van der Waals surface area contributed by atoms with Gasteiger partial charge in [-0.2, -0.15) is 5.48 Å². The van der Waals surface area contributed by atoms with E-state index in [1.54, 1.807) is 7.11 Å². The lowest BCUT2D eigenvalue weighted by molar-refractivity contribution is 0.0862. The predicted octanol–water partition coefficient (Wildman–Crippen LogP) is 2.89. The molecule has 5 heteroatoms. The fourth-order valence-electron chi connectivity index (χ4n) is 2.17. The zero-order valence-electron chi connectivity index (χ0n) is 10.9. The van der Waals surface area contributed by atoms with E-state index in [2.05, 4.69) is 19.3 Å². The van der Waals surface area contributed by atoms with Gasteiger partial charge in [-0.05, 0) is 17.5 Å². The highest BCUT2D eigenvalue weighted by Gasteiger charge is 2.24. The minimum absolute atomic E-state index is 0.325. The average Bonchev–Trinajstić information content (AvgIpc) is 2.36. The highest BCUT2D eigenvalue weighted by atomic mass is 35.5. The second-order valence-corrected chi connectivity index (χ2v) is 4.87. The lowest BCUT2D eigenvalue weighted by Gasteiger charge is -2.26. The molecular weight excluding hydrogens is 254 g/mol. The highest BCUT2D eigenvalue weighted by Crippen LogP contribution is 2.44. The standard InChI is InChI=1S/C13H18ClNO3/c1-8(2)11-9(7-15-16-3)6-10(14)12-13(11)18-5-4-17-12/h6,8,15H,4-5,7H2,1-3H3. The van der Waals surface area contributed by atoms with Crippen LogP contribution in [0.1, 0.15) is 30.9 Å². The molecule has 2 rings (SSSR count). The minimum Gasteiger partial charge on any atom is -0.486 e. The van der Waals surface area contributed by atoms with Crippen LogP contribution in [-0.2, 0) is 11.4 Å². The molecule has 0 atom stereocenters. The number of ether oxygens (including phenoxy) is 2. The predicted molar refractivity (Wildman–Crippen MR) is 70.4 cm³/mol. The van der Waals surface area contributed by atoms with Gasteiger partial charge in [0.1, 0.15) is 13.2 Å². The molecule has 1 N–H and O–H groups in total. The van der Waals surface area contributed by atoms with E-state index in [4.69, 9.17) is 25.9 Å². The third-order valence-corrected chi connectivity index (χ3v) is 3.16. The van der Waals surface area contributed by atoms with Gasteiger partial charge >= 0.3 is 0 Å². The van der Waals surface area contributed by atoms with Crippen LogP contribution in [0.3, 0.4) is 0 Å². The van der Waals surface area contributed by atoms with Crippen molar-refractivity contribution >= 4 is 11.6 Å². The number of hydrogen-bond donors (Lipinski definition) is 1. The van der Waals surface area contributed by atoms with Crippen molar-refractivity contribution in [2.75, 3.05) is 20.3 Å². The van der Waals surface area contributed by atoms with Gasteiger partial charge in [0, 0.05) is 12.1 Å². The van der Waals surface area contributed by atoms with Crippen molar-refractivity contribution < 1.29 is 14.3 Å². The van der Waals surface area contributed by atoms with Crippen LogP contribution in [0, 0.1) is 0 Å². The summed E-state index contributed by atoms with van der Waals surface area (Å²) in [6.07, 6.45) is 0. The van der Waals surface area contributed by atoms with E-state index in [-0.39, 0.29) is 0 Å². The van der Waals surface area contributed by atoms with Crippen molar-refractivity contribution in [1.29, 1.82) is 0 Å². The molecule has 1 heterocycles. The molecule has 0 saturated heterocycles. The average molecular weight is 272 g/mol. The lowest BCUT2D eigenvalue weighted by atomic mass is 9.95. The second-order valence-electron chi connectivity index (χ2n) is 4.47. The van der Waals surface area contributed by atoms with E-state index >= 15 is 0 Å². The van der Waals surface area contributed by atoms with Crippen LogP contribution in [-0.4, -0.2) is 20.3 Å². The summed E-state index contributed by atoms with van der Waals surface area (Å²) < 4.78 is 11.3. The number of benzene rings is 1. The summed E-state index contributed by atoms with van der Waals surface area (Å²) in [5.74, 6) is 1.76. The Balaban J connectivity index is 2.49. The maximum atomic E-state index is 6.23. The van der Waals surface area contributed by atoms with Gasteiger partial charge in [-0.15, -0.1) is 0 Å². The molecule has 1 aliphatic heterocycles. The fraction of sp³-hybridized carbons (Fsp3) is 0.538. The number of fused-ring (bicyclic) bond motifs is 1. The largest absolute Gasteiger partial charge is 0.486 e. The zero-order chi connectivity index (χ0) is 13.1. The van der Waals surface area contributed by atoms with Gasteiger partial charge in [0.25, 0.3) is 0 Å². The Morgan fingerprint density at radius 3 is 2.61 bits per heavy atom. The SMILES string of the molecule is CONCc1cc(Cl)c2c(c1C(C)C)OCCO2. The van der Waals surface area contributed by atoms with Crippen LogP contribution < -0.4 is 15.0 Å². The van der Waals surface area contributed by atoms with Gasteiger partial charge < -0.3 is 14.3 Å². The van der Waals surface area contributed by atoms with Gasteiger partial charge in [-0.25, -0.2) is 0 Å². The summed E-state index contributed by atoms with van der Waals surface area (Å²) in [5.41, 5.74) is 5.03. The van der Waals surface area contributed by atoms with Crippen molar-refractivity contribution in [3.05, 3.63) is 22.2 Å². The monoisotopic (exact) mass is 271 g/mol. The molecule has 0 aromatic heterocycles. The van der Waals surface area contributed by atoms with E-state index in [0.717, 1.165) is 16.9 Å². The molecule has 18 heavy (non-hydrogen) atoms. The Bertz CT molecular complexity index is 435. The summed E-state index contributed by atoms with van der Waals surface area (Å²) in [4.78, 5) is 4.90. The molecule has 100 valence electrons. The molecule has 0 spiro atoms. The summed E-state index contributed by atoms with van der Waals surface area (Å²) >= 11 is 6.23. The smallest absolute Gasteiger partial charge is 0.180 e. The molecule has 4 nitrogen and oxygen atoms in total. The van der Waals surface area contributed by atoms with Crippen LogP contribution in [0.15, 0.2) is 6.07 Å². The summed E-state index contributed by atoms with van der Waals surface area (Å²) in [6.45, 7) is 5.93. The molecule has 0 radical (unpaired) electrons. The van der Waals surface area contributed by atoms with E-state index < -0.39 is 0 Å². The van der Waals surface area contributed by atoms with Crippen LogP contribution in [0.2, 0.25) is 5.02 Å². The number of halogens is 1. The van der Waals surface area contributed by atoms with Crippen molar-refractivity contribution in [2.45, 2.75) is 26.3 Å². The molecule has 0 saturated carbocycles. The molecule has 0 unspecified atom stereocenters. The Labute approximate surface area is 112 Å². The number of nitrogens with one attached hydrogen (secondary N) is 1. The molecule has 1 aromatic carbocycles. The molecular formula is C13H18ClNO3. The molecule has 1 aliphatic rings. The van der Waals surface area contributed by atoms with E-state index in [0.29, 0.717) is 36.4 Å². The highest BCUT2D eigenvalue weighted by molar-refractivity contribution is 6.32. The first kappa shape index (κ1) is 13.5. The molecule has 0 bridgehead atoms. The fourth-order valence-corrected chi connectivity index (χ4v) is 2.44. The first-order valence-electron chi connectivity index (χ1n) is 6.01. The van der Waals surface area contributed by atoms with Crippen molar-refractivity contribution in [3.8, 4) is 11.5 Å². The normalized spacial score (nSPS) is 14.1. The van der Waals surface area contributed by atoms with Gasteiger partial charge in [-0.1, -0.05) is 25.4 Å². The lowest BCUT2D eigenvalue weighted by Crippen LogP contribution is -2.20. The maximum absolute atomic E-state index is 6.23. The topological polar surface area (TPSA) is 39.7 Å². The second kappa shape index (κ2) is 5.78. The number of hydroxylamine groups is 1. The first-order chi connectivity index (χ1) is 8.65. The van der Waals surface area contributed by atoms with Gasteiger partial charge in [0.05, 0.1) is 12.1 Å². The molecule has 0 aliphatic carbocycles. The molecule has 0 amide bonds. The van der Waals surface area contributed by atoms with Crippen LogP contribution >= 0.6 is 11.6 Å². The third kappa shape index (κ3) is 2.55. The van der Waals surface area contributed by atoms with Crippen molar-refractivity contribution in [2.24, 2.45) is 0 Å². The van der Waals surface area contributed by atoms with E-state index in [9.17, 15) is 0 Å². The minimum atomic E-state index is 0.325. The summed E-state index contributed by atoms with van der Waals surface area (Å²) in [5, 5.41) is 0.585. The van der Waals surface area contributed by atoms with E-state index in [1.165, 1.54) is 0 Å². The Morgan fingerprint density at radius 1 is 1.33 bits per heavy atom. The van der Waals surface area contributed by atoms with Crippen molar-refractivity contribution in [3.63, 3.8) is 0 Å². The zero-order valence-corrected chi connectivity index (χ0v) is 11.6. The maximum Gasteiger partial charge on any atom is 0.180 e. The molecule has 1 aromatic rings. The number of hydrogen-bond acceptors (Lipinski definition) is 4. The Morgan fingerprint density at radius 2 is 2.00 bits per heavy atom. The quantitative estimate of drug-likeness (QED) is 0.855. The Kier molecular flexibility index (Phi) is 4.32. The first-order valence-corrected chi connectivity index (χ1v) is 6.39. The third-order valence-electron chi connectivity index (χ3n) is 2.88. The van der Waals surface area contributed by atoms with Gasteiger partial charge in [-0.3, -0.25) is 0 Å². The van der Waals surface area contributed by atoms with Crippen LogP contribution in [0.5, 0.6) is 11.5 Å². The van der Waals surface area contributed by atoms with Gasteiger partial charge in [0.2, 0.25) is 0 Å². The Hall–Kier alpha value is -0.970. The summed E-state index contributed by atoms with van der Waals surface area (Å²) in [6, 6.07) is 1.91. The van der Waals surface area contributed by atoms with Crippen molar-refractivity contribution in [1.82, 2.24) is 5.48 Å².